The molecule has 1 saturated heterocycles. The molecule has 1 heterocycles. The van der Waals surface area contributed by atoms with Crippen LogP contribution in [0, 0.1) is 0 Å². The van der Waals surface area contributed by atoms with E-state index in [9.17, 15) is 4.79 Å². The monoisotopic (exact) mass is 297 g/mol. The van der Waals surface area contributed by atoms with Crippen molar-refractivity contribution in [1.29, 1.82) is 0 Å². The molecule has 1 aliphatic heterocycles. The number of ether oxygens (including phenoxy) is 1. The van der Waals surface area contributed by atoms with Crippen LogP contribution in [0.25, 0.3) is 0 Å². The minimum Gasteiger partial charge on any atom is -0.444 e. The number of rotatable bonds is 1. The zero-order valence-corrected chi connectivity index (χ0v) is 13.8. The van der Waals surface area contributed by atoms with Crippen LogP contribution in [-0.2, 0) is 4.74 Å². The molecule has 5 nitrogen and oxygen atoms in total. The Morgan fingerprint density at radius 2 is 1.67 bits per heavy atom. The third-order valence-corrected chi connectivity index (χ3v) is 4.47. The minimum atomic E-state index is -0.419. The maximum Gasteiger partial charge on any atom is 0.410 e. The lowest BCUT2D eigenvalue weighted by Crippen LogP contribution is -2.56. The number of nitrogens with zero attached hydrogens (tertiary/aromatic N) is 2. The van der Waals surface area contributed by atoms with Crippen molar-refractivity contribution in [2.75, 3.05) is 26.2 Å². The number of amides is 1. The summed E-state index contributed by atoms with van der Waals surface area (Å²) in [5, 5.41) is 0. The van der Waals surface area contributed by atoms with E-state index in [1.807, 2.05) is 25.7 Å². The van der Waals surface area contributed by atoms with E-state index in [0.717, 1.165) is 32.6 Å². The average Bonchev–Trinajstić information content (AvgIpc) is 2.62. The van der Waals surface area contributed by atoms with Crippen LogP contribution in [0.5, 0.6) is 0 Å². The maximum atomic E-state index is 12.1. The second-order valence-electron chi connectivity index (χ2n) is 7.37. The summed E-state index contributed by atoms with van der Waals surface area (Å²) in [7, 11) is 0. The van der Waals surface area contributed by atoms with E-state index in [-0.39, 0.29) is 6.09 Å². The zero-order chi connectivity index (χ0) is 15.5. The molecule has 2 fully saturated rings. The fourth-order valence-electron chi connectivity index (χ4n) is 3.33. The van der Waals surface area contributed by atoms with E-state index in [1.165, 1.54) is 25.7 Å². The van der Waals surface area contributed by atoms with Gasteiger partial charge in [-0.05, 0) is 33.6 Å². The lowest BCUT2D eigenvalue weighted by molar-refractivity contribution is 0.00854. The fourth-order valence-corrected chi connectivity index (χ4v) is 3.33. The molecular weight excluding hydrogens is 266 g/mol. The summed E-state index contributed by atoms with van der Waals surface area (Å²) in [6.07, 6.45) is 6.00. The van der Waals surface area contributed by atoms with Gasteiger partial charge in [0.15, 0.2) is 0 Å². The standard InChI is InChI=1S/C16H31N3O2/c1-16(2,3)21-15(20)19-11-9-18(10-12-19)14-8-6-4-5-7-13(14)17/h13-14H,4-12,17H2,1-3H3/t13-,14+/m1/s1. The van der Waals surface area contributed by atoms with Crippen molar-refractivity contribution in [2.45, 2.75) is 70.6 Å². The van der Waals surface area contributed by atoms with Gasteiger partial charge in [0, 0.05) is 38.3 Å². The van der Waals surface area contributed by atoms with Gasteiger partial charge >= 0.3 is 6.09 Å². The summed E-state index contributed by atoms with van der Waals surface area (Å²) < 4.78 is 5.44. The van der Waals surface area contributed by atoms with Gasteiger partial charge in [-0.2, -0.15) is 0 Å². The molecule has 0 aromatic carbocycles. The molecule has 0 aromatic rings. The van der Waals surface area contributed by atoms with Crippen LogP contribution in [0.15, 0.2) is 0 Å². The highest BCUT2D eigenvalue weighted by Crippen LogP contribution is 2.22. The van der Waals surface area contributed by atoms with Crippen molar-refractivity contribution < 1.29 is 9.53 Å². The number of hydrogen-bond donors (Lipinski definition) is 1. The smallest absolute Gasteiger partial charge is 0.410 e. The van der Waals surface area contributed by atoms with E-state index in [2.05, 4.69) is 4.90 Å². The summed E-state index contributed by atoms with van der Waals surface area (Å²) in [5.41, 5.74) is 5.92. The number of carbonyl (C=O) groups is 1. The first-order chi connectivity index (χ1) is 9.87. The molecule has 122 valence electrons. The summed E-state index contributed by atoms with van der Waals surface area (Å²) >= 11 is 0. The van der Waals surface area contributed by atoms with Crippen LogP contribution in [0.2, 0.25) is 0 Å². The Hall–Kier alpha value is -0.810. The van der Waals surface area contributed by atoms with Crippen molar-refractivity contribution in [1.82, 2.24) is 9.80 Å². The van der Waals surface area contributed by atoms with E-state index in [0.29, 0.717) is 12.1 Å². The van der Waals surface area contributed by atoms with Crippen molar-refractivity contribution in [3.63, 3.8) is 0 Å². The molecule has 0 spiro atoms. The van der Waals surface area contributed by atoms with Crippen LogP contribution in [0.3, 0.4) is 0 Å². The average molecular weight is 297 g/mol. The molecule has 2 atom stereocenters. The Morgan fingerprint density at radius 1 is 1.05 bits per heavy atom. The molecule has 21 heavy (non-hydrogen) atoms. The molecular formula is C16H31N3O2. The zero-order valence-electron chi connectivity index (χ0n) is 13.8. The molecule has 0 radical (unpaired) electrons. The normalized spacial score (nSPS) is 29.0. The topological polar surface area (TPSA) is 58.8 Å². The third-order valence-electron chi connectivity index (χ3n) is 4.47. The predicted octanol–water partition coefficient (Wildman–Crippen LogP) is 2.20. The van der Waals surface area contributed by atoms with E-state index < -0.39 is 5.60 Å². The largest absolute Gasteiger partial charge is 0.444 e. The Balaban J connectivity index is 1.83. The van der Waals surface area contributed by atoms with Crippen molar-refractivity contribution in [3.05, 3.63) is 0 Å². The molecule has 2 aliphatic rings. The first kappa shape index (κ1) is 16.6. The lowest BCUT2D eigenvalue weighted by Gasteiger charge is -2.41. The van der Waals surface area contributed by atoms with Crippen LogP contribution in [-0.4, -0.2) is 59.8 Å². The summed E-state index contributed by atoms with van der Waals surface area (Å²) in [4.78, 5) is 16.4. The third kappa shape index (κ3) is 4.85. The molecule has 1 aliphatic carbocycles. The van der Waals surface area contributed by atoms with Gasteiger partial charge in [-0.1, -0.05) is 19.3 Å². The molecule has 5 heteroatoms. The van der Waals surface area contributed by atoms with Gasteiger partial charge in [-0.25, -0.2) is 4.79 Å². The molecule has 2 rings (SSSR count). The van der Waals surface area contributed by atoms with Gasteiger partial charge < -0.3 is 15.4 Å². The predicted molar refractivity (Wildman–Crippen MR) is 84.2 cm³/mol. The van der Waals surface area contributed by atoms with Gasteiger partial charge in [0.1, 0.15) is 5.60 Å². The molecule has 0 aromatic heterocycles. The summed E-state index contributed by atoms with van der Waals surface area (Å²) in [6.45, 7) is 9.05. The molecule has 2 N–H and O–H groups in total. The Morgan fingerprint density at radius 3 is 2.29 bits per heavy atom. The van der Waals surface area contributed by atoms with Crippen molar-refractivity contribution >= 4 is 6.09 Å². The second-order valence-corrected chi connectivity index (χ2v) is 7.37. The van der Waals surface area contributed by atoms with E-state index in [4.69, 9.17) is 10.5 Å². The van der Waals surface area contributed by atoms with Crippen LogP contribution >= 0.6 is 0 Å². The number of carbonyl (C=O) groups excluding carboxylic acids is 1. The molecule has 1 saturated carbocycles. The highest BCUT2D eigenvalue weighted by atomic mass is 16.6. The summed E-state index contributed by atoms with van der Waals surface area (Å²) in [5.74, 6) is 0. The maximum absolute atomic E-state index is 12.1. The first-order valence-corrected chi connectivity index (χ1v) is 8.34. The lowest BCUT2D eigenvalue weighted by atomic mass is 10.0. The van der Waals surface area contributed by atoms with Gasteiger partial charge in [0.05, 0.1) is 0 Å². The quantitative estimate of drug-likeness (QED) is 0.754. The SMILES string of the molecule is CC(C)(C)OC(=O)N1CCN([C@H]2CCCCC[C@H]2N)CC1. The Labute approximate surface area is 128 Å². The van der Waals surface area contributed by atoms with Gasteiger partial charge in [-0.3, -0.25) is 4.90 Å². The Bertz CT molecular complexity index is 346. The first-order valence-electron chi connectivity index (χ1n) is 8.34. The van der Waals surface area contributed by atoms with E-state index in [1.54, 1.807) is 0 Å². The fraction of sp³-hybridized carbons (Fsp3) is 0.938. The van der Waals surface area contributed by atoms with Gasteiger partial charge in [-0.15, -0.1) is 0 Å². The van der Waals surface area contributed by atoms with Crippen LogP contribution < -0.4 is 5.73 Å². The highest BCUT2D eigenvalue weighted by molar-refractivity contribution is 5.68. The van der Waals surface area contributed by atoms with Crippen molar-refractivity contribution in [3.8, 4) is 0 Å². The Kier molecular flexibility index (Phi) is 5.49. The second kappa shape index (κ2) is 6.97. The van der Waals surface area contributed by atoms with Gasteiger partial charge in [0.2, 0.25) is 0 Å². The molecule has 1 amide bonds. The minimum absolute atomic E-state index is 0.188. The number of nitrogens with two attached hydrogens (primary N) is 1. The summed E-state index contributed by atoms with van der Waals surface area (Å²) in [6, 6.07) is 0.786. The van der Waals surface area contributed by atoms with E-state index >= 15 is 0 Å². The number of piperazine rings is 1. The molecule has 0 unspecified atom stereocenters. The van der Waals surface area contributed by atoms with Crippen LogP contribution in [0.1, 0.15) is 52.9 Å². The van der Waals surface area contributed by atoms with Gasteiger partial charge in [0.25, 0.3) is 0 Å². The highest BCUT2D eigenvalue weighted by Gasteiger charge is 2.31. The molecule has 0 bridgehead atoms. The number of hydrogen-bond acceptors (Lipinski definition) is 4. The van der Waals surface area contributed by atoms with Crippen molar-refractivity contribution in [2.24, 2.45) is 5.73 Å². The van der Waals surface area contributed by atoms with Crippen LogP contribution in [0.4, 0.5) is 4.79 Å².